The van der Waals surface area contributed by atoms with Crippen molar-refractivity contribution in [1.29, 1.82) is 0 Å². The first-order valence-corrected chi connectivity index (χ1v) is 7.67. The summed E-state index contributed by atoms with van der Waals surface area (Å²) in [4.78, 5) is 23.8. The molecule has 1 atom stereocenters. The van der Waals surface area contributed by atoms with Crippen LogP contribution in [0.15, 0.2) is 48.5 Å². The third kappa shape index (κ3) is 4.19. The molecule has 0 saturated heterocycles. The standard InChI is InChI=1S/C19H20FNO3/c1-13-3-5-14(6-4-13)7-12-17(22)21-19(2,18(23)24)15-8-10-16(20)11-9-15/h3-6,8-11H,7,12H2,1-2H3,(H,21,22)(H,23,24). The SMILES string of the molecule is Cc1ccc(CCC(=O)NC(C)(C(=O)O)c2ccc(F)cc2)cc1. The Morgan fingerprint density at radius 2 is 1.67 bits per heavy atom. The lowest BCUT2D eigenvalue weighted by Gasteiger charge is -2.27. The second kappa shape index (κ2) is 7.25. The van der Waals surface area contributed by atoms with Crippen molar-refractivity contribution in [2.24, 2.45) is 0 Å². The summed E-state index contributed by atoms with van der Waals surface area (Å²) < 4.78 is 13.0. The van der Waals surface area contributed by atoms with Crippen LogP contribution in [0, 0.1) is 12.7 Å². The van der Waals surface area contributed by atoms with E-state index in [0.29, 0.717) is 12.0 Å². The van der Waals surface area contributed by atoms with Gasteiger partial charge in [0.2, 0.25) is 5.91 Å². The van der Waals surface area contributed by atoms with Crippen LogP contribution in [0.2, 0.25) is 0 Å². The van der Waals surface area contributed by atoms with Crippen molar-refractivity contribution < 1.29 is 19.1 Å². The zero-order valence-electron chi connectivity index (χ0n) is 13.7. The van der Waals surface area contributed by atoms with Crippen molar-refractivity contribution in [1.82, 2.24) is 5.32 Å². The second-order valence-corrected chi connectivity index (χ2v) is 5.97. The fourth-order valence-corrected chi connectivity index (χ4v) is 2.39. The van der Waals surface area contributed by atoms with Gasteiger partial charge < -0.3 is 10.4 Å². The van der Waals surface area contributed by atoms with Gasteiger partial charge in [0.25, 0.3) is 0 Å². The number of amides is 1. The Morgan fingerprint density at radius 1 is 1.08 bits per heavy atom. The van der Waals surface area contributed by atoms with Crippen molar-refractivity contribution in [3.63, 3.8) is 0 Å². The van der Waals surface area contributed by atoms with Gasteiger partial charge in [-0.05, 0) is 43.5 Å². The van der Waals surface area contributed by atoms with Gasteiger partial charge in [-0.25, -0.2) is 9.18 Å². The highest BCUT2D eigenvalue weighted by molar-refractivity contribution is 5.87. The number of aryl methyl sites for hydroxylation is 2. The van der Waals surface area contributed by atoms with Crippen LogP contribution >= 0.6 is 0 Å². The summed E-state index contributed by atoms with van der Waals surface area (Å²) in [5, 5.41) is 12.1. The lowest BCUT2D eigenvalue weighted by atomic mass is 9.91. The van der Waals surface area contributed by atoms with Gasteiger partial charge in [0.15, 0.2) is 5.54 Å². The molecule has 1 unspecified atom stereocenters. The highest BCUT2D eigenvalue weighted by Crippen LogP contribution is 2.22. The Balaban J connectivity index is 2.06. The maximum atomic E-state index is 13.0. The van der Waals surface area contributed by atoms with E-state index in [1.165, 1.54) is 31.2 Å². The van der Waals surface area contributed by atoms with Gasteiger partial charge in [-0.15, -0.1) is 0 Å². The normalized spacial score (nSPS) is 13.1. The number of halogens is 1. The molecule has 0 heterocycles. The molecule has 0 saturated carbocycles. The van der Waals surface area contributed by atoms with Crippen LogP contribution in [0.25, 0.3) is 0 Å². The van der Waals surface area contributed by atoms with Gasteiger partial charge >= 0.3 is 5.97 Å². The topological polar surface area (TPSA) is 66.4 Å². The molecule has 1 amide bonds. The molecular weight excluding hydrogens is 309 g/mol. The fraction of sp³-hybridized carbons (Fsp3) is 0.263. The van der Waals surface area contributed by atoms with E-state index in [0.717, 1.165) is 11.1 Å². The summed E-state index contributed by atoms with van der Waals surface area (Å²) in [7, 11) is 0. The molecule has 0 radical (unpaired) electrons. The minimum absolute atomic E-state index is 0.174. The predicted octanol–water partition coefficient (Wildman–Crippen LogP) is 3.18. The van der Waals surface area contributed by atoms with Crippen LogP contribution in [0.1, 0.15) is 30.0 Å². The number of carbonyl (C=O) groups is 2. The molecular formula is C19H20FNO3. The predicted molar refractivity (Wildman–Crippen MR) is 89.0 cm³/mol. The third-order valence-electron chi connectivity index (χ3n) is 4.00. The van der Waals surface area contributed by atoms with Crippen molar-refractivity contribution in [2.75, 3.05) is 0 Å². The van der Waals surface area contributed by atoms with Crippen molar-refractivity contribution >= 4 is 11.9 Å². The number of aliphatic carboxylic acids is 1. The molecule has 0 aliphatic heterocycles. The third-order valence-corrected chi connectivity index (χ3v) is 4.00. The smallest absolute Gasteiger partial charge is 0.333 e. The van der Waals surface area contributed by atoms with Crippen molar-refractivity contribution in [2.45, 2.75) is 32.2 Å². The number of rotatable bonds is 6. The largest absolute Gasteiger partial charge is 0.479 e. The summed E-state index contributed by atoms with van der Waals surface area (Å²) in [5.41, 5.74) is 0.866. The number of carboxylic acid groups (broad SMARTS) is 1. The van der Waals surface area contributed by atoms with Crippen LogP contribution in [0.5, 0.6) is 0 Å². The van der Waals surface area contributed by atoms with E-state index in [4.69, 9.17) is 0 Å². The molecule has 2 rings (SSSR count). The molecule has 4 nitrogen and oxygen atoms in total. The highest BCUT2D eigenvalue weighted by atomic mass is 19.1. The Kier molecular flexibility index (Phi) is 5.34. The summed E-state index contributed by atoms with van der Waals surface area (Å²) in [6.45, 7) is 3.38. The van der Waals surface area contributed by atoms with Gasteiger partial charge in [0, 0.05) is 6.42 Å². The number of carboxylic acids is 1. The van der Waals surface area contributed by atoms with Crippen LogP contribution in [-0.2, 0) is 21.5 Å². The summed E-state index contributed by atoms with van der Waals surface area (Å²) in [5.74, 6) is -2.03. The zero-order chi connectivity index (χ0) is 17.7. The lowest BCUT2D eigenvalue weighted by Crippen LogP contribution is -2.49. The summed E-state index contributed by atoms with van der Waals surface area (Å²) in [6, 6.07) is 12.9. The van der Waals surface area contributed by atoms with Crippen molar-refractivity contribution in [3.8, 4) is 0 Å². The van der Waals surface area contributed by atoms with Crippen LogP contribution < -0.4 is 5.32 Å². The lowest BCUT2D eigenvalue weighted by molar-refractivity contribution is -0.147. The van der Waals surface area contributed by atoms with E-state index < -0.39 is 17.3 Å². The van der Waals surface area contributed by atoms with Crippen LogP contribution in [0.4, 0.5) is 4.39 Å². The Bertz CT molecular complexity index is 725. The molecule has 2 aromatic carbocycles. The first-order valence-electron chi connectivity index (χ1n) is 7.67. The average molecular weight is 329 g/mol. The highest BCUT2D eigenvalue weighted by Gasteiger charge is 2.36. The quantitative estimate of drug-likeness (QED) is 0.855. The summed E-state index contributed by atoms with van der Waals surface area (Å²) in [6.07, 6.45) is 0.693. The van der Waals surface area contributed by atoms with E-state index in [9.17, 15) is 19.1 Å². The van der Waals surface area contributed by atoms with Crippen molar-refractivity contribution in [3.05, 3.63) is 71.0 Å². The molecule has 0 fully saturated rings. The summed E-state index contributed by atoms with van der Waals surface area (Å²) >= 11 is 0. The number of carbonyl (C=O) groups excluding carboxylic acids is 1. The molecule has 2 aromatic rings. The molecule has 24 heavy (non-hydrogen) atoms. The monoisotopic (exact) mass is 329 g/mol. The number of nitrogens with one attached hydrogen (secondary N) is 1. The second-order valence-electron chi connectivity index (χ2n) is 5.97. The maximum absolute atomic E-state index is 13.0. The van der Waals surface area contributed by atoms with Crippen LogP contribution in [-0.4, -0.2) is 17.0 Å². The molecule has 0 aromatic heterocycles. The molecule has 0 aliphatic rings. The first-order chi connectivity index (χ1) is 11.3. The van der Waals surface area contributed by atoms with Gasteiger partial charge in [0.05, 0.1) is 0 Å². The number of hydrogen-bond donors (Lipinski definition) is 2. The van der Waals surface area contributed by atoms with Gasteiger partial charge in [-0.3, -0.25) is 4.79 Å². The molecule has 2 N–H and O–H groups in total. The Hall–Kier alpha value is -2.69. The molecule has 126 valence electrons. The van der Waals surface area contributed by atoms with E-state index in [-0.39, 0.29) is 12.3 Å². The average Bonchev–Trinajstić information content (AvgIpc) is 2.54. The minimum atomic E-state index is -1.60. The molecule has 5 heteroatoms. The van der Waals surface area contributed by atoms with Crippen LogP contribution in [0.3, 0.4) is 0 Å². The van der Waals surface area contributed by atoms with Gasteiger partial charge in [0.1, 0.15) is 5.82 Å². The Labute approximate surface area is 140 Å². The number of hydrogen-bond acceptors (Lipinski definition) is 2. The molecule has 0 aliphatic carbocycles. The maximum Gasteiger partial charge on any atom is 0.333 e. The van der Waals surface area contributed by atoms with Gasteiger partial charge in [-0.1, -0.05) is 42.0 Å². The molecule has 0 bridgehead atoms. The fourth-order valence-electron chi connectivity index (χ4n) is 2.39. The van der Waals surface area contributed by atoms with E-state index in [1.807, 2.05) is 31.2 Å². The van der Waals surface area contributed by atoms with E-state index in [2.05, 4.69) is 5.32 Å². The first kappa shape index (κ1) is 17.7. The van der Waals surface area contributed by atoms with E-state index in [1.54, 1.807) is 0 Å². The minimum Gasteiger partial charge on any atom is -0.479 e. The number of benzene rings is 2. The Morgan fingerprint density at radius 3 is 2.21 bits per heavy atom. The molecule has 0 spiro atoms. The zero-order valence-corrected chi connectivity index (χ0v) is 13.7. The van der Waals surface area contributed by atoms with Gasteiger partial charge in [-0.2, -0.15) is 0 Å². The van der Waals surface area contributed by atoms with E-state index >= 15 is 0 Å².